The Morgan fingerprint density at radius 2 is 1.41 bits per heavy atom. The number of hydrogen-bond acceptors (Lipinski definition) is 0. The van der Waals surface area contributed by atoms with Gasteiger partial charge in [-0.1, -0.05) is 52.0 Å². The van der Waals surface area contributed by atoms with E-state index in [-0.39, 0.29) is 0 Å². The van der Waals surface area contributed by atoms with Gasteiger partial charge in [-0.15, -0.1) is 0 Å². The Hall–Kier alpha value is -1.50. The van der Waals surface area contributed by atoms with Crippen molar-refractivity contribution in [3.8, 4) is 11.3 Å². The van der Waals surface area contributed by atoms with E-state index in [4.69, 9.17) is 0 Å². The zero-order chi connectivity index (χ0) is 12.4. The molecule has 0 unspecified atom stereocenters. The minimum absolute atomic E-state index is 0.554. The molecule has 0 amide bonds. The van der Waals surface area contributed by atoms with Gasteiger partial charge in [0.05, 0.1) is 0 Å². The van der Waals surface area contributed by atoms with Crippen molar-refractivity contribution in [1.29, 1.82) is 0 Å². The second-order valence-electron chi connectivity index (χ2n) is 5.26. The summed E-state index contributed by atoms with van der Waals surface area (Å²) in [7, 11) is 0. The molecule has 1 N–H and O–H groups in total. The first kappa shape index (κ1) is 12.0. The first-order valence-corrected chi connectivity index (χ1v) is 6.37. The van der Waals surface area contributed by atoms with Crippen LogP contribution in [-0.2, 0) is 0 Å². The van der Waals surface area contributed by atoms with Crippen molar-refractivity contribution in [2.75, 3.05) is 0 Å². The molecular weight excluding hydrogens is 206 g/mol. The van der Waals surface area contributed by atoms with Gasteiger partial charge in [0.15, 0.2) is 0 Å². The van der Waals surface area contributed by atoms with Crippen LogP contribution < -0.4 is 0 Å². The van der Waals surface area contributed by atoms with E-state index in [0.717, 1.165) is 0 Å². The molecule has 0 saturated heterocycles. The summed E-state index contributed by atoms with van der Waals surface area (Å²) in [5.41, 5.74) is 5.17. The molecule has 90 valence electrons. The standard InChI is InChI=1S/C16H21N/c1-11(2)13-5-7-14(8-6-13)16-10-9-15(17-16)12(3)4/h5-12,17H,1-4H3. The number of benzene rings is 1. The summed E-state index contributed by atoms with van der Waals surface area (Å²) in [6.45, 7) is 8.86. The van der Waals surface area contributed by atoms with Crippen LogP contribution in [0.5, 0.6) is 0 Å². The highest BCUT2D eigenvalue weighted by atomic mass is 14.7. The molecule has 1 heteroatoms. The number of aromatic amines is 1. The number of H-pyrrole nitrogens is 1. The Balaban J connectivity index is 2.27. The molecule has 0 saturated carbocycles. The molecule has 1 aromatic heterocycles. The minimum atomic E-state index is 0.554. The largest absolute Gasteiger partial charge is 0.358 e. The normalized spacial score (nSPS) is 11.4. The third kappa shape index (κ3) is 2.60. The first-order chi connectivity index (χ1) is 8.08. The molecule has 0 aliphatic rings. The highest BCUT2D eigenvalue weighted by Crippen LogP contribution is 2.24. The van der Waals surface area contributed by atoms with Crippen molar-refractivity contribution in [1.82, 2.24) is 4.98 Å². The van der Waals surface area contributed by atoms with Gasteiger partial charge in [-0.05, 0) is 35.1 Å². The minimum Gasteiger partial charge on any atom is -0.358 e. The maximum Gasteiger partial charge on any atom is 0.0456 e. The van der Waals surface area contributed by atoms with Crippen LogP contribution in [0.25, 0.3) is 11.3 Å². The van der Waals surface area contributed by atoms with Gasteiger partial charge in [0.25, 0.3) is 0 Å². The lowest BCUT2D eigenvalue weighted by Gasteiger charge is -2.06. The number of nitrogens with one attached hydrogen (secondary N) is 1. The van der Waals surface area contributed by atoms with E-state index in [2.05, 4.69) is 69.1 Å². The molecule has 0 bridgehead atoms. The average molecular weight is 227 g/mol. The van der Waals surface area contributed by atoms with Gasteiger partial charge in [-0.2, -0.15) is 0 Å². The average Bonchev–Trinajstić information content (AvgIpc) is 2.78. The molecule has 1 aromatic carbocycles. The monoisotopic (exact) mass is 227 g/mol. The molecule has 0 atom stereocenters. The maximum atomic E-state index is 3.48. The Morgan fingerprint density at radius 1 is 0.765 bits per heavy atom. The summed E-state index contributed by atoms with van der Waals surface area (Å²) in [6, 6.07) is 13.2. The fraction of sp³-hybridized carbons (Fsp3) is 0.375. The molecule has 1 nitrogen and oxygen atoms in total. The summed E-state index contributed by atoms with van der Waals surface area (Å²) in [5.74, 6) is 1.15. The summed E-state index contributed by atoms with van der Waals surface area (Å²) < 4.78 is 0. The van der Waals surface area contributed by atoms with E-state index >= 15 is 0 Å². The number of aromatic nitrogens is 1. The van der Waals surface area contributed by atoms with Crippen LogP contribution in [0.2, 0.25) is 0 Å². The molecular formula is C16H21N. The fourth-order valence-electron chi connectivity index (χ4n) is 1.96. The maximum absolute atomic E-state index is 3.48. The van der Waals surface area contributed by atoms with Crippen LogP contribution in [0.3, 0.4) is 0 Å². The van der Waals surface area contributed by atoms with Crippen LogP contribution >= 0.6 is 0 Å². The molecule has 0 aliphatic heterocycles. The molecule has 2 rings (SSSR count). The predicted octanol–water partition coefficient (Wildman–Crippen LogP) is 4.93. The van der Waals surface area contributed by atoms with E-state index in [9.17, 15) is 0 Å². The van der Waals surface area contributed by atoms with E-state index < -0.39 is 0 Å². The van der Waals surface area contributed by atoms with Gasteiger partial charge < -0.3 is 4.98 Å². The lowest BCUT2D eigenvalue weighted by molar-refractivity contribution is 0.834. The van der Waals surface area contributed by atoms with Crippen molar-refractivity contribution in [3.05, 3.63) is 47.7 Å². The molecule has 17 heavy (non-hydrogen) atoms. The molecule has 0 fully saturated rings. The third-order valence-corrected chi connectivity index (χ3v) is 3.22. The lowest BCUT2D eigenvalue weighted by Crippen LogP contribution is -1.88. The van der Waals surface area contributed by atoms with Gasteiger partial charge in [-0.3, -0.25) is 0 Å². The lowest BCUT2D eigenvalue weighted by atomic mass is 10.0. The number of hydrogen-bond donors (Lipinski definition) is 1. The molecule has 2 aromatic rings. The topological polar surface area (TPSA) is 15.8 Å². The van der Waals surface area contributed by atoms with Gasteiger partial charge in [-0.25, -0.2) is 0 Å². The summed E-state index contributed by atoms with van der Waals surface area (Å²) in [6.07, 6.45) is 0. The molecule has 0 aliphatic carbocycles. The SMILES string of the molecule is CC(C)c1ccc(-c2ccc(C(C)C)[nH]2)cc1. The van der Waals surface area contributed by atoms with Crippen LogP contribution in [0.4, 0.5) is 0 Å². The van der Waals surface area contributed by atoms with Crippen LogP contribution in [0, 0.1) is 0 Å². The zero-order valence-electron chi connectivity index (χ0n) is 11.1. The molecule has 0 spiro atoms. The third-order valence-electron chi connectivity index (χ3n) is 3.22. The van der Waals surface area contributed by atoms with Crippen molar-refractivity contribution in [3.63, 3.8) is 0 Å². The van der Waals surface area contributed by atoms with Crippen molar-refractivity contribution < 1.29 is 0 Å². The van der Waals surface area contributed by atoms with Gasteiger partial charge in [0.2, 0.25) is 0 Å². The summed E-state index contributed by atoms with van der Waals surface area (Å²) >= 11 is 0. The highest BCUT2D eigenvalue weighted by molar-refractivity contribution is 5.60. The van der Waals surface area contributed by atoms with E-state index in [0.29, 0.717) is 11.8 Å². The van der Waals surface area contributed by atoms with Gasteiger partial charge in [0.1, 0.15) is 0 Å². The van der Waals surface area contributed by atoms with Gasteiger partial charge in [0, 0.05) is 11.4 Å². The highest BCUT2D eigenvalue weighted by Gasteiger charge is 2.05. The van der Waals surface area contributed by atoms with Crippen molar-refractivity contribution >= 4 is 0 Å². The summed E-state index contributed by atoms with van der Waals surface area (Å²) in [5, 5.41) is 0. The Bertz CT molecular complexity index is 474. The van der Waals surface area contributed by atoms with E-state index in [1.165, 1.54) is 22.5 Å². The van der Waals surface area contributed by atoms with E-state index in [1.54, 1.807) is 0 Å². The molecule has 1 heterocycles. The van der Waals surface area contributed by atoms with E-state index in [1.807, 2.05) is 0 Å². The summed E-state index contributed by atoms with van der Waals surface area (Å²) in [4.78, 5) is 3.48. The van der Waals surface area contributed by atoms with Crippen LogP contribution in [0.1, 0.15) is 50.8 Å². The Labute approximate surface area is 104 Å². The zero-order valence-corrected chi connectivity index (χ0v) is 11.1. The molecule has 0 radical (unpaired) electrons. The number of rotatable bonds is 3. The quantitative estimate of drug-likeness (QED) is 0.765. The van der Waals surface area contributed by atoms with Gasteiger partial charge >= 0.3 is 0 Å². The van der Waals surface area contributed by atoms with Crippen LogP contribution in [-0.4, -0.2) is 4.98 Å². The van der Waals surface area contributed by atoms with Crippen molar-refractivity contribution in [2.24, 2.45) is 0 Å². The van der Waals surface area contributed by atoms with Crippen LogP contribution in [0.15, 0.2) is 36.4 Å². The predicted molar refractivity (Wildman–Crippen MR) is 74.4 cm³/mol. The smallest absolute Gasteiger partial charge is 0.0456 e. The first-order valence-electron chi connectivity index (χ1n) is 6.37. The Kier molecular flexibility index (Phi) is 3.37. The second kappa shape index (κ2) is 4.79. The fourth-order valence-corrected chi connectivity index (χ4v) is 1.96. The van der Waals surface area contributed by atoms with Crippen molar-refractivity contribution in [2.45, 2.75) is 39.5 Å². The Morgan fingerprint density at radius 3 is 1.88 bits per heavy atom. The second-order valence-corrected chi connectivity index (χ2v) is 5.26.